The second-order valence-electron chi connectivity index (χ2n) is 6.32. The number of benzene rings is 1. The van der Waals surface area contributed by atoms with E-state index in [1.807, 2.05) is 24.3 Å². The summed E-state index contributed by atoms with van der Waals surface area (Å²) in [5.74, 6) is 0.592. The van der Waals surface area contributed by atoms with Crippen molar-refractivity contribution in [3.8, 4) is 0 Å². The summed E-state index contributed by atoms with van der Waals surface area (Å²) in [6.45, 7) is 1.39. The molecule has 1 aromatic carbocycles. The number of thiazole rings is 1. The lowest BCUT2D eigenvalue weighted by Gasteiger charge is -2.36. The van der Waals surface area contributed by atoms with Gasteiger partial charge in [0.25, 0.3) is 11.5 Å². The average Bonchev–Trinajstić information content (AvgIpc) is 3.11. The van der Waals surface area contributed by atoms with Crippen molar-refractivity contribution in [1.82, 2.24) is 20.5 Å². The molecule has 3 aromatic rings. The Kier molecular flexibility index (Phi) is 4.66. The first-order valence-electron chi connectivity index (χ1n) is 8.67. The molecular formula is C18H19N5O2S. The summed E-state index contributed by atoms with van der Waals surface area (Å²) in [6.07, 6.45) is 3.16. The lowest BCUT2D eigenvalue weighted by molar-refractivity contribution is 0.0949. The lowest BCUT2D eigenvalue weighted by Crippen LogP contribution is -2.47. The Morgan fingerprint density at radius 1 is 1.27 bits per heavy atom. The molecule has 7 nitrogen and oxygen atoms in total. The maximum absolute atomic E-state index is 12.5. The molecule has 1 aliphatic rings. The van der Waals surface area contributed by atoms with Crippen LogP contribution in [-0.4, -0.2) is 40.2 Å². The van der Waals surface area contributed by atoms with Crippen LogP contribution in [0.3, 0.4) is 0 Å². The molecular weight excluding hydrogens is 350 g/mol. The van der Waals surface area contributed by atoms with Crippen molar-refractivity contribution in [3.63, 3.8) is 0 Å². The quantitative estimate of drug-likeness (QED) is 0.735. The minimum absolute atomic E-state index is 0.147. The molecule has 0 saturated carbocycles. The number of anilines is 1. The van der Waals surface area contributed by atoms with Gasteiger partial charge < -0.3 is 10.2 Å². The van der Waals surface area contributed by atoms with Crippen LogP contribution < -0.4 is 15.8 Å². The van der Waals surface area contributed by atoms with Gasteiger partial charge in [0.2, 0.25) is 0 Å². The summed E-state index contributed by atoms with van der Waals surface area (Å²) in [7, 11) is 0. The van der Waals surface area contributed by atoms with E-state index < -0.39 is 0 Å². The molecule has 1 aliphatic heterocycles. The van der Waals surface area contributed by atoms with E-state index in [0.717, 1.165) is 41.8 Å². The molecule has 4 rings (SSSR count). The molecule has 1 fully saturated rings. The van der Waals surface area contributed by atoms with Crippen LogP contribution in [0.2, 0.25) is 0 Å². The van der Waals surface area contributed by atoms with Gasteiger partial charge in [0.15, 0.2) is 5.01 Å². The fourth-order valence-electron chi connectivity index (χ4n) is 3.27. The van der Waals surface area contributed by atoms with Crippen molar-refractivity contribution in [3.05, 3.63) is 51.8 Å². The molecule has 0 radical (unpaired) electrons. The Morgan fingerprint density at radius 3 is 2.96 bits per heavy atom. The predicted molar refractivity (Wildman–Crippen MR) is 102 cm³/mol. The fourth-order valence-corrected chi connectivity index (χ4v) is 4.15. The summed E-state index contributed by atoms with van der Waals surface area (Å²) < 4.78 is 1.01. The molecule has 1 amide bonds. The first-order valence-corrected chi connectivity index (χ1v) is 9.48. The summed E-state index contributed by atoms with van der Waals surface area (Å²) in [5, 5.41) is 10.1. The molecule has 134 valence electrons. The molecule has 1 atom stereocenters. The summed E-state index contributed by atoms with van der Waals surface area (Å²) in [6, 6.07) is 11.1. The van der Waals surface area contributed by atoms with Crippen molar-refractivity contribution in [2.24, 2.45) is 0 Å². The van der Waals surface area contributed by atoms with Gasteiger partial charge in [-0.15, -0.1) is 11.3 Å². The third kappa shape index (κ3) is 3.45. The third-order valence-electron chi connectivity index (χ3n) is 4.57. The Hall–Kier alpha value is -2.74. The topological polar surface area (TPSA) is 91.0 Å². The number of aromatic amines is 1. The van der Waals surface area contributed by atoms with Gasteiger partial charge in [0.05, 0.1) is 10.2 Å². The second kappa shape index (κ2) is 7.25. The molecule has 0 aliphatic carbocycles. The van der Waals surface area contributed by atoms with Crippen LogP contribution in [0.15, 0.2) is 41.2 Å². The summed E-state index contributed by atoms with van der Waals surface area (Å²) >= 11 is 1.40. The highest BCUT2D eigenvalue weighted by Crippen LogP contribution is 2.23. The smallest absolute Gasteiger partial charge is 0.280 e. The average molecular weight is 369 g/mol. The third-order valence-corrected chi connectivity index (χ3v) is 5.61. The Labute approximate surface area is 154 Å². The van der Waals surface area contributed by atoms with Crippen molar-refractivity contribution in [2.75, 3.05) is 18.0 Å². The van der Waals surface area contributed by atoms with Crippen LogP contribution in [0.5, 0.6) is 0 Å². The number of carbonyl (C=O) groups excluding carboxylic acids is 1. The lowest BCUT2D eigenvalue weighted by atomic mass is 10.0. The van der Waals surface area contributed by atoms with E-state index in [9.17, 15) is 9.59 Å². The number of aromatic nitrogens is 3. The van der Waals surface area contributed by atoms with E-state index in [0.29, 0.717) is 11.6 Å². The molecule has 2 aromatic heterocycles. The zero-order chi connectivity index (χ0) is 17.9. The van der Waals surface area contributed by atoms with Gasteiger partial charge in [-0.05, 0) is 37.5 Å². The summed E-state index contributed by atoms with van der Waals surface area (Å²) in [5.41, 5.74) is 0.630. The molecule has 3 heterocycles. The number of hydrogen-bond acceptors (Lipinski definition) is 6. The highest BCUT2D eigenvalue weighted by molar-refractivity contribution is 7.20. The van der Waals surface area contributed by atoms with Crippen molar-refractivity contribution < 1.29 is 4.79 Å². The van der Waals surface area contributed by atoms with Crippen molar-refractivity contribution >= 4 is 33.3 Å². The van der Waals surface area contributed by atoms with E-state index in [1.54, 1.807) is 6.07 Å². The van der Waals surface area contributed by atoms with Gasteiger partial charge >= 0.3 is 0 Å². The second-order valence-corrected chi connectivity index (χ2v) is 7.35. The monoisotopic (exact) mass is 369 g/mol. The van der Waals surface area contributed by atoms with Gasteiger partial charge in [-0.3, -0.25) is 9.59 Å². The van der Waals surface area contributed by atoms with Gasteiger partial charge in [0.1, 0.15) is 5.82 Å². The number of fused-ring (bicyclic) bond motifs is 1. The molecule has 1 unspecified atom stereocenters. The van der Waals surface area contributed by atoms with Crippen LogP contribution in [0, 0.1) is 0 Å². The molecule has 1 saturated heterocycles. The largest absolute Gasteiger partial charge is 0.350 e. The van der Waals surface area contributed by atoms with Crippen LogP contribution in [0.25, 0.3) is 10.2 Å². The normalized spacial score (nSPS) is 17.4. The Balaban J connectivity index is 1.45. The minimum atomic E-state index is -0.216. The highest BCUT2D eigenvalue weighted by Gasteiger charge is 2.25. The maximum Gasteiger partial charge on any atom is 0.280 e. The van der Waals surface area contributed by atoms with E-state index in [-0.39, 0.29) is 17.5 Å². The number of amides is 1. The SMILES string of the molecule is O=C(NCC1CCCCN1c1ccc(=O)[nH]n1)c1nc2ccccc2s1. The van der Waals surface area contributed by atoms with Crippen LogP contribution in [0.1, 0.15) is 29.1 Å². The molecule has 0 spiro atoms. The number of piperidine rings is 1. The van der Waals surface area contributed by atoms with Gasteiger partial charge in [0, 0.05) is 25.2 Å². The van der Waals surface area contributed by atoms with Gasteiger partial charge in [-0.1, -0.05) is 12.1 Å². The summed E-state index contributed by atoms with van der Waals surface area (Å²) in [4.78, 5) is 30.3. The number of carbonyl (C=O) groups is 1. The van der Waals surface area contributed by atoms with Gasteiger partial charge in [-0.25, -0.2) is 10.1 Å². The molecule has 2 N–H and O–H groups in total. The molecule has 0 bridgehead atoms. The number of nitrogens with one attached hydrogen (secondary N) is 2. The maximum atomic E-state index is 12.5. The Bertz CT molecular complexity index is 929. The number of para-hydroxylation sites is 1. The standard InChI is InChI=1S/C18H19N5O2S/c24-16-9-8-15(21-22-16)23-10-4-3-5-12(23)11-19-17(25)18-20-13-6-1-2-7-14(13)26-18/h1-2,6-9,12H,3-5,10-11H2,(H,19,25)(H,22,24). The first-order chi connectivity index (χ1) is 12.7. The van der Waals surface area contributed by atoms with Crippen molar-refractivity contribution in [2.45, 2.75) is 25.3 Å². The van der Waals surface area contributed by atoms with Crippen LogP contribution >= 0.6 is 11.3 Å². The number of rotatable bonds is 4. The molecule has 26 heavy (non-hydrogen) atoms. The molecule has 8 heteroatoms. The zero-order valence-electron chi connectivity index (χ0n) is 14.1. The van der Waals surface area contributed by atoms with E-state index >= 15 is 0 Å². The zero-order valence-corrected chi connectivity index (χ0v) is 15.0. The predicted octanol–water partition coefficient (Wildman–Crippen LogP) is 2.17. The van der Waals surface area contributed by atoms with E-state index in [1.165, 1.54) is 17.4 Å². The minimum Gasteiger partial charge on any atom is -0.350 e. The number of H-pyrrole nitrogens is 1. The number of nitrogens with zero attached hydrogens (tertiary/aromatic N) is 3. The van der Waals surface area contributed by atoms with Crippen molar-refractivity contribution in [1.29, 1.82) is 0 Å². The van der Waals surface area contributed by atoms with E-state index in [2.05, 4.69) is 25.4 Å². The fraction of sp³-hybridized carbons (Fsp3) is 0.333. The van der Waals surface area contributed by atoms with Gasteiger partial charge in [-0.2, -0.15) is 5.10 Å². The van der Waals surface area contributed by atoms with Crippen LogP contribution in [0.4, 0.5) is 5.82 Å². The van der Waals surface area contributed by atoms with E-state index in [4.69, 9.17) is 0 Å². The highest BCUT2D eigenvalue weighted by atomic mass is 32.1. The Morgan fingerprint density at radius 2 is 2.15 bits per heavy atom. The van der Waals surface area contributed by atoms with Crippen LogP contribution in [-0.2, 0) is 0 Å². The number of hydrogen-bond donors (Lipinski definition) is 2. The first kappa shape index (κ1) is 16.7.